The number of phenols is 1. The van der Waals surface area contributed by atoms with Crippen molar-refractivity contribution < 1.29 is 44.7 Å². The number of hydrogen-bond acceptors (Lipinski definition) is 10. The van der Waals surface area contributed by atoms with E-state index in [9.17, 15) is 39.6 Å². The van der Waals surface area contributed by atoms with E-state index < -0.39 is 71.2 Å². The van der Waals surface area contributed by atoms with E-state index in [0.29, 0.717) is 22.4 Å². The van der Waals surface area contributed by atoms with Crippen molar-refractivity contribution in [2.45, 2.75) is 30.6 Å². The van der Waals surface area contributed by atoms with E-state index in [0.717, 1.165) is 0 Å². The largest absolute Gasteiger partial charge is 0.508 e. The van der Waals surface area contributed by atoms with Crippen LogP contribution >= 0.6 is 0 Å². The smallest absolute Gasteiger partial charge is 0.250 e. The van der Waals surface area contributed by atoms with Gasteiger partial charge in [0.05, 0.1) is 11.7 Å². The molecule has 0 aliphatic heterocycles. The molecular formula is C29H31N3O9. The molecule has 6 atom stereocenters. The Hall–Kier alpha value is -4.10. The SMILES string of the molecule is CN(C)[C@@H]1C(O)C(C(N)=O)C(=O)[C@@]2(O)C(O)=C3C(=O)c4c(O)ccc(-c5ccc(NC(=O)CO)cc5)c4C[C@H]3C[C@@H]12. The first kappa shape index (κ1) is 28.4. The lowest BCUT2D eigenvalue weighted by Gasteiger charge is -2.53. The standard InChI is InChI=1S/C29H31N3O9/c1-32(2)23-17-10-13-9-16-15(12-3-5-14(6-4-12)31-19(35)11-33)7-8-18(34)21(16)24(36)20(13)26(38)29(17,41)27(39)22(25(23)37)28(30)40/h3-8,13,17,22-23,25,33-34,37-38,41H,9-11H2,1-2H3,(H2,30,40)(H,31,35)/t13-,17-,22?,23-,25?,29-/m0/s1. The van der Waals surface area contributed by atoms with Crippen molar-refractivity contribution in [1.82, 2.24) is 4.90 Å². The molecule has 2 unspecified atom stereocenters. The van der Waals surface area contributed by atoms with Crippen molar-refractivity contribution in [1.29, 1.82) is 0 Å². The fourth-order valence-electron chi connectivity index (χ4n) is 6.81. The molecule has 3 aliphatic rings. The normalized spacial score (nSPS) is 29.1. The maximum absolute atomic E-state index is 13.9. The summed E-state index contributed by atoms with van der Waals surface area (Å²) >= 11 is 0. The predicted molar refractivity (Wildman–Crippen MR) is 145 cm³/mol. The van der Waals surface area contributed by atoms with Crippen molar-refractivity contribution in [2.24, 2.45) is 23.5 Å². The molecule has 0 bridgehead atoms. The first-order chi connectivity index (χ1) is 19.3. The molecule has 12 heteroatoms. The number of primary amides is 1. The summed E-state index contributed by atoms with van der Waals surface area (Å²) in [4.78, 5) is 52.5. The van der Waals surface area contributed by atoms with Gasteiger partial charge in [-0.1, -0.05) is 18.2 Å². The number of aliphatic hydroxyl groups is 4. The predicted octanol–water partition coefficient (Wildman–Crippen LogP) is -0.117. The van der Waals surface area contributed by atoms with Gasteiger partial charge in [0.25, 0.3) is 0 Å². The third kappa shape index (κ3) is 4.22. The minimum Gasteiger partial charge on any atom is -0.508 e. The summed E-state index contributed by atoms with van der Waals surface area (Å²) in [6, 6.07) is 8.67. The summed E-state index contributed by atoms with van der Waals surface area (Å²) < 4.78 is 0. The lowest BCUT2D eigenvalue weighted by molar-refractivity contribution is -0.178. The molecule has 0 heterocycles. The number of allylic oxidation sites excluding steroid dienone is 1. The summed E-state index contributed by atoms with van der Waals surface area (Å²) in [6.45, 7) is -0.671. The Morgan fingerprint density at radius 3 is 2.34 bits per heavy atom. The molecule has 8 N–H and O–H groups in total. The zero-order chi connectivity index (χ0) is 30.0. The molecule has 0 saturated heterocycles. The third-order valence-corrected chi connectivity index (χ3v) is 8.60. The molecule has 2 aromatic rings. The van der Waals surface area contributed by atoms with Crippen LogP contribution in [0.4, 0.5) is 5.69 Å². The van der Waals surface area contributed by atoms with Gasteiger partial charge in [0, 0.05) is 23.2 Å². The maximum atomic E-state index is 13.9. The van der Waals surface area contributed by atoms with Gasteiger partial charge in [-0.3, -0.25) is 19.2 Å². The zero-order valence-corrected chi connectivity index (χ0v) is 22.4. The molecule has 0 spiro atoms. The highest BCUT2D eigenvalue weighted by molar-refractivity contribution is 6.16. The van der Waals surface area contributed by atoms with Gasteiger partial charge in [0.1, 0.15) is 24.0 Å². The molecule has 0 radical (unpaired) electrons. The second-order valence-corrected chi connectivity index (χ2v) is 11.1. The molecule has 2 aromatic carbocycles. The highest BCUT2D eigenvalue weighted by Gasteiger charge is 2.66. The van der Waals surface area contributed by atoms with Gasteiger partial charge in [-0.25, -0.2) is 0 Å². The van der Waals surface area contributed by atoms with Crippen LogP contribution < -0.4 is 11.1 Å². The topological polar surface area (TPSA) is 211 Å². The van der Waals surface area contributed by atoms with Crippen LogP contribution in [0.3, 0.4) is 0 Å². The van der Waals surface area contributed by atoms with Crippen LogP contribution in [0.2, 0.25) is 0 Å². The first-order valence-electron chi connectivity index (χ1n) is 13.1. The number of aliphatic hydroxyl groups excluding tert-OH is 3. The zero-order valence-electron chi connectivity index (χ0n) is 22.4. The number of likely N-dealkylation sites (N-methyl/N-ethyl adjacent to an activating group) is 1. The number of rotatable bonds is 5. The van der Waals surface area contributed by atoms with Gasteiger partial charge in [0.2, 0.25) is 11.8 Å². The highest BCUT2D eigenvalue weighted by atomic mass is 16.4. The number of aromatic hydroxyl groups is 1. The summed E-state index contributed by atoms with van der Waals surface area (Å²) in [5.41, 5.74) is 4.68. The second kappa shape index (κ2) is 10.1. The number of Topliss-reactive ketones (excluding diaryl/α,β-unsaturated/α-hetero) is 2. The molecule has 216 valence electrons. The Labute approximate surface area is 234 Å². The maximum Gasteiger partial charge on any atom is 0.250 e. The molecule has 1 saturated carbocycles. The van der Waals surface area contributed by atoms with Crippen molar-refractivity contribution >= 4 is 29.1 Å². The van der Waals surface area contributed by atoms with Gasteiger partial charge in [-0.2, -0.15) is 0 Å². The van der Waals surface area contributed by atoms with Crippen LogP contribution in [-0.2, 0) is 20.8 Å². The minimum absolute atomic E-state index is 0.0133. The molecule has 1 fully saturated rings. The monoisotopic (exact) mass is 565 g/mol. The summed E-state index contributed by atoms with van der Waals surface area (Å²) in [7, 11) is 3.20. The number of hydrogen-bond donors (Lipinski definition) is 7. The van der Waals surface area contributed by atoms with Crippen molar-refractivity contribution in [3.63, 3.8) is 0 Å². The number of anilines is 1. The van der Waals surface area contributed by atoms with E-state index in [2.05, 4.69) is 5.32 Å². The Morgan fingerprint density at radius 2 is 1.76 bits per heavy atom. The molecular weight excluding hydrogens is 534 g/mol. The van der Waals surface area contributed by atoms with Crippen LogP contribution in [0.15, 0.2) is 47.7 Å². The quantitative estimate of drug-likeness (QED) is 0.239. The van der Waals surface area contributed by atoms with E-state index in [1.807, 2.05) is 0 Å². The van der Waals surface area contributed by atoms with Crippen LogP contribution in [0.5, 0.6) is 5.75 Å². The van der Waals surface area contributed by atoms with Gasteiger partial charge < -0.3 is 41.5 Å². The summed E-state index contributed by atoms with van der Waals surface area (Å²) in [5.74, 6) is -8.48. The molecule has 12 nitrogen and oxygen atoms in total. The first-order valence-corrected chi connectivity index (χ1v) is 13.1. The lowest BCUT2D eigenvalue weighted by atomic mass is 9.55. The van der Waals surface area contributed by atoms with Gasteiger partial charge in [-0.15, -0.1) is 0 Å². The number of fused-ring (bicyclic) bond motifs is 3. The third-order valence-electron chi connectivity index (χ3n) is 8.60. The van der Waals surface area contributed by atoms with Gasteiger partial charge >= 0.3 is 0 Å². The van der Waals surface area contributed by atoms with Crippen molar-refractivity contribution in [3.05, 3.63) is 58.9 Å². The average molecular weight is 566 g/mol. The number of ketones is 2. The van der Waals surface area contributed by atoms with Crippen LogP contribution in [0.1, 0.15) is 22.3 Å². The van der Waals surface area contributed by atoms with E-state index in [1.165, 1.54) is 6.07 Å². The Bertz CT molecular complexity index is 1500. The minimum atomic E-state index is -2.64. The molecule has 5 rings (SSSR count). The second-order valence-electron chi connectivity index (χ2n) is 11.1. The van der Waals surface area contributed by atoms with Crippen molar-refractivity contribution in [3.8, 4) is 16.9 Å². The van der Waals surface area contributed by atoms with Gasteiger partial charge in [0.15, 0.2) is 17.2 Å². The molecule has 3 aliphatic carbocycles. The van der Waals surface area contributed by atoms with Gasteiger partial charge in [-0.05, 0) is 67.7 Å². The summed E-state index contributed by atoms with van der Waals surface area (Å²) in [5, 5.41) is 56.4. The van der Waals surface area contributed by atoms with E-state index >= 15 is 0 Å². The van der Waals surface area contributed by atoms with E-state index in [4.69, 9.17) is 10.8 Å². The fraction of sp³-hybridized carbons (Fsp3) is 0.379. The Balaban J connectivity index is 1.63. The Morgan fingerprint density at radius 1 is 1.10 bits per heavy atom. The lowest BCUT2D eigenvalue weighted by Crippen LogP contribution is -2.71. The molecule has 0 aromatic heterocycles. The van der Waals surface area contributed by atoms with E-state index in [-0.39, 0.29) is 29.7 Å². The Kier molecular flexibility index (Phi) is 6.98. The number of nitrogens with one attached hydrogen (secondary N) is 1. The number of benzene rings is 2. The van der Waals surface area contributed by atoms with Crippen LogP contribution in [-0.4, -0.2) is 92.3 Å². The number of carbonyl (C=O) groups excluding carboxylic acids is 4. The number of carbonyl (C=O) groups is 4. The fourth-order valence-corrected chi connectivity index (χ4v) is 6.81. The summed E-state index contributed by atoms with van der Waals surface area (Å²) in [6.07, 6.45) is -1.38. The van der Waals surface area contributed by atoms with Crippen LogP contribution in [0.25, 0.3) is 11.1 Å². The highest BCUT2D eigenvalue weighted by Crippen LogP contribution is 2.53. The number of nitrogens with zero attached hydrogens (tertiary/aromatic N) is 1. The van der Waals surface area contributed by atoms with Crippen LogP contribution in [0, 0.1) is 17.8 Å². The number of amides is 2. The van der Waals surface area contributed by atoms with Crippen molar-refractivity contribution in [2.75, 3.05) is 26.0 Å². The number of nitrogens with two attached hydrogens (primary N) is 1. The number of phenolic OH excluding ortho intramolecular Hbond substituents is 1. The molecule has 41 heavy (non-hydrogen) atoms. The average Bonchev–Trinajstić information content (AvgIpc) is 2.91. The molecule has 2 amide bonds. The van der Waals surface area contributed by atoms with E-state index in [1.54, 1.807) is 49.3 Å².